The summed E-state index contributed by atoms with van der Waals surface area (Å²) in [5.74, 6) is 1.16. The van der Waals surface area contributed by atoms with Crippen molar-refractivity contribution in [3.63, 3.8) is 0 Å². The van der Waals surface area contributed by atoms with E-state index in [1.54, 1.807) is 38.1 Å². The molecule has 0 aliphatic carbocycles. The Labute approximate surface area is 239 Å². The van der Waals surface area contributed by atoms with Gasteiger partial charge in [-0.05, 0) is 32.9 Å². The van der Waals surface area contributed by atoms with Crippen LogP contribution in [0.4, 0.5) is 5.95 Å². The lowest BCUT2D eigenvalue weighted by molar-refractivity contribution is -0.149. The highest BCUT2D eigenvalue weighted by Gasteiger charge is 2.65. The number of aliphatic hydroxyl groups excluding tert-OH is 2. The Bertz CT molecular complexity index is 1660. The number of aromatic amines is 1. The minimum Gasteiger partial charge on any atom is -0.462 e. The number of rotatable bonds is 10. The number of ether oxygens (including phenoxy) is 2. The first-order valence-corrected chi connectivity index (χ1v) is 14.0. The SMILES string of the molecule is C#C[C@]1(CO[P@@](=O)(N[C@@H](C)C(=O)OC(C)C)Oc2ccccc2)O[C@@](C#N)(c2cnc3c(=O)[nH]c(N)nn23)C(O)[C@H]1O. The third-order valence-electron chi connectivity index (χ3n) is 6.19. The summed E-state index contributed by atoms with van der Waals surface area (Å²) in [7, 11) is -4.51. The van der Waals surface area contributed by atoms with Gasteiger partial charge in [-0.1, -0.05) is 24.1 Å². The minimum atomic E-state index is -4.51. The van der Waals surface area contributed by atoms with Crippen molar-refractivity contribution in [1.29, 1.82) is 5.26 Å². The van der Waals surface area contributed by atoms with Gasteiger partial charge in [-0.2, -0.15) is 10.3 Å². The van der Waals surface area contributed by atoms with Crippen LogP contribution in [-0.4, -0.2) is 72.3 Å². The van der Waals surface area contributed by atoms with Gasteiger partial charge in [0.15, 0.2) is 5.60 Å². The van der Waals surface area contributed by atoms with Crippen LogP contribution < -0.4 is 20.9 Å². The second-order valence-electron chi connectivity index (χ2n) is 9.60. The number of nitrogens with zero attached hydrogens (tertiary/aromatic N) is 4. The summed E-state index contributed by atoms with van der Waals surface area (Å²) in [6.45, 7) is 3.71. The number of carbonyl (C=O) groups excluding carboxylic acids is 1. The maximum atomic E-state index is 13.9. The highest BCUT2D eigenvalue weighted by atomic mass is 31.2. The van der Waals surface area contributed by atoms with Crippen molar-refractivity contribution in [1.82, 2.24) is 24.7 Å². The summed E-state index contributed by atoms with van der Waals surface area (Å²) >= 11 is 0. The number of fused-ring (bicyclic) bond motifs is 1. The van der Waals surface area contributed by atoms with Crippen LogP contribution in [0.25, 0.3) is 5.65 Å². The summed E-state index contributed by atoms with van der Waals surface area (Å²) in [6, 6.07) is 8.40. The number of hydrogen-bond acceptors (Lipinski definition) is 13. The van der Waals surface area contributed by atoms with E-state index in [-0.39, 0.29) is 23.0 Å². The highest BCUT2D eigenvalue weighted by Crippen LogP contribution is 2.50. The van der Waals surface area contributed by atoms with E-state index in [1.165, 1.54) is 19.1 Å². The Morgan fingerprint density at radius 1 is 1.33 bits per heavy atom. The van der Waals surface area contributed by atoms with Crippen LogP contribution in [0.2, 0.25) is 0 Å². The fourth-order valence-electron chi connectivity index (χ4n) is 4.18. The average molecular weight is 602 g/mol. The fraction of sp³-hybridized carbons (Fsp3) is 0.400. The number of nitrogen functional groups attached to an aromatic ring is 1. The van der Waals surface area contributed by atoms with Crippen LogP contribution in [0.15, 0.2) is 41.3 Å². The summed E-state index contributed by atoms with van der Waals surface area (Å²) < 4.78 is 37.0. The maximum absolute atomic E-state index is 13.9. The molecular weight excluding hydrogens is 573 g/mol. The molecule has 6 N–H and O–H groups in total. The van der Waals surface area contributed by atoms with E-state index in [2.05, 4.69) is 26.1 Å². The van der Waals surface area contributed by atoms with E-state index in [1.807, 2.05) is 0 Å². The van der Waals surface area contributed by atoms with Gasteiger partial charge in [0.2, 0.25) is 17.2 Å². The number of carbonyl (C=O) groups is 1. The van der Waals surface area contributed by atoms with E-state index >= 15 is 0 Å². The van der Waals surface area contributed by atoms with Crippen molar-refractivity contribution < 1.29 is 38.1 Å². The van der Waals surface area contributed by atoms with Gasteiger partial charge < -0.3 is 29.9 Å². The Morgan fingerprint density at radius 3 is 2.64 bits per heavy atom. The van der Waals surface area contributed by atoms with Gasteiger partial charge >= 0.3 is 13.7 Å². The van der Waals surface area contributed by atoms with E-state index in [9.17, 15) is 29.6 Å². The van der Waals surface area contributed by atoms with Crippen LogP contribution in [-0.2, 0) is 29.0 Å². The largest absolute Gasteiger partial charge is 0.462 e. The number of benzene rings is 1. The quantitative estimate of drug-likeness (QED) is 0.117. The Hall–Kier alpha value is -4.28. The number of nitriles is 1. The topological polar surface area (TPSA) is 236 Å². The number of terminal acetylenes is 1. The smallest absolute Gasteiger partial charge is 0.459 e. The molecule has 2 aromatic heterocycles. The Balaban J connectivity index is 1.69. The van der Waals surface area contributed by atoms with Crippen LogP contribution in [0.3, 0.4) is 0 Å². The molecule has 3 heterocycles. The van der Waals surface area contributed by atoms with Gasteiger partial charge in [-0.15, -0.1) is 11.5 Å². The lowest BCUT2D eigenvalue weighted by Gasteiger charge is -2.30. The zero-order valence-electron chi connectivity index (χ0n) is 22.6. The van der Waals surface area contributed by atoms with Crippen molar-refractivity contribution in [2.45, 2.75) is 56.3 Å². The molecule has 4 rings (SSSR count). The van der Waals surface area contributed by atoms with Gasteiger partial charge in [0.1, 0.15) is 42.4 Å². The van der Waals surface area contributed by atoms with Crippen molar-refractivity contribution in [2.24, 2.45) is 0 Å². The number of anilines is 1. The highest BCUT2D eigenvalue weighted by molar-refractivity contribution is 7.52. The molecule has 42 heavy (non-hydrogen) atoms. The van der Waals surface area contributed by atoms with E-state index in [0.717, 1.165) is 10.7 Å². The molecule has 16 nitrogen and oxygen atoms in total. The minimum absolute atomic E-state index is 0.0893. The van der Waals surface area contributed by atoms with Crippen LogP contribution in [0.1, 0.15) is 26.5 Å². The van der Waals surface area contributed by atoms with Crippen LogP contribution in [0, 0.1) is 23.7 Å². The van der Waals surface area contributed by atoms with E-state index < -0.39 is 61.4 Å². The number of aromatic nitrogens is 4. The van der Waals surface area contributed by atoms with Gasteiger partial charge in [0, 0.05) is 0 Å². The van der Waals surface area contributed by atoms with Gasteiger partial charge in [0.05, 0.1) is 12.3 Å². The molecule has 0 spiro atoms. The number of para-hydroxylation sites is 1. The summed E-state index contributed by atoms with van der Waals surface area (Å²) in [5.41, 5.74) is -0.457. The van der Waals surface area contributed by atoms with Gasteiger partial charge in [-0.25, -0.2) is 14.1 Å². The molecule has 0 amide bonds. The third kappa shape index (κ3) is 5.60. The molecule has 222 valence electrons. The second-order valence-corrected chi connectivity index (χ2v) is 11.3. The first-order chi connectivity index (χ1) is 19.8. The number of nitrogens with two attached hydrogens (primary N) is 1. The third-order valence-corrected chi connectivity index (χ3v) is 7.82. The molecule has 1 saturated heterocycles. The first-order valence-electron chi connectivity index (χ1n) is 12.5. The van der Waals surface area contributed by atoms with Gasteiger partial charge in [0.25, 0.3) is 5.56 Å². The summed E-state index contributed by atoms with van der Waals surface area (Å²) in [5, 5.41) is 38.8. The van der Waals surface area contributed by atoms with Gasteiger partial charge in [-0.3, -0.25) is 19.1 Å². The van der Waals surface area contributed by atoms with Crippen LogP contribution >= 0.6 is 7.75 Å². The number of aliphatic hydroxyl groups is 2. The monoisotopic (exact) mass is 601 g/mol. The lowest BCUT2D eigenvalue weighted by atomic mass is 9.89. The molecule has 1 aliphatic rings. The van der Waals surface area contributed by atoms with Crippen molar-refractivity contribution in [2.75, 3.05) is 12.3 Å². The second kappa shape index (κ2) is 11.5. The normalized spacial score (nSPS) is 25.8. The molecule has 1 aliphatic heterocycles. The molecular formula is C25H28N7O9P. The summed E-state index contributed by atoms with van der Waals surface area (Å²) in [6.07, 6.45) is 2.22. The number of hydrogen-bond donors (Lipinski definition) is 5. The van der Waals surface area contributed by atoms with Crippen molar-refractivity contribution >= 4 is 25.3 Å². The molecule has 3 aromatic rings. The van der Waals surface area contributed by atoms with Crippen molar-refractivity contribution in [3.8, 4) is 24.2 Å². The molecule has 17 heteroatoms. The maximum Gasteiger partial charge on any atom is 0.459 e. The number of imidazole rings is 1. The zero-order valence-corrected chi connectivity index (χ0v) is 23.5. The van der Waals surface area contributed by atoms with E-state index in [4.69, 9.17) is 30.7 Å². The molecule has 1 unspecified atom stereocenters. The van der Waals surface area contributed by atoms with E-state index in [0.29, 0.717) is 0 Å². The average Bonchev–Trinajstić information content (AvgIpc) is 3.46. The van der Waals surface area contributed by atoms with Crippen molar-refractivity contribution in [3.05, 3.63) is 52.6 Å². The number of nitrogens with one attached hydrogen (secondary N) is 2. The molecule has 0 bridgehead atoms. The lowest BCUT2D eigenvalue weighted by Crippen LogP contribution is -2.46. The molecule has 1 aromatic carbocycles. The Kier molecular flexibility index (Phi) is 8.43. The zero-order chi connectivity index (χ0) is 30.9. The molecule has 6 atom stereocenters. The number of esters is 1. The summed E-state index contributed by atoms with van der Waals surface area (Å²) in [4.78, 5) is 30.9. The molecule has 0 radical (unpaired) electrons. The standard InChI is InChI=1S/C25H28N7O9P/c1-5-24(13-38-42(37,40-16-9-7-6-8-10-16)31-15(4)22(36)39-14(2)3)18(33)19(34)25(12-26,41-24)17-11-28-20-21(35)29-23(27)30-32(17)20/h1,6-11,14-15,18-19,33-34H,13H2,2-4H3,(H,31,37)(H3,27,29,30,35)/t15-,18+,19?,24+,25-,42-/m0/s1. The Morgan fingerprint density at radius 2 is 2.02 bits per heavy atom. The fourth-order valence-corrected chi connectivity index (χ4v) is 5.70. The van der Waals surface area contributed by atoms with Crippen LogP contribution in [0.5, 0.6) is 5.75 Å². The molecule has 1 fully saturated rings. The predicted molar refractivity (Wildman–Crippen MR) is 144 cm³/mol. The predicted octanol–water partition coefficient (Wildman–Crippen LogP) is -0.0239. The number of H-pyrrole nitrogens is 1. The molecule has 0 saturated carbocycles. The first kappa shape index (κ1) is 30.7.